The molecule has 2 amide bonds. The highest BCUT2D eigenvalue weighted by Gasteiger charge is 2.51. The maximum absolute atomic E-state index is 12.5. The Hall–Kier alpha value is -2.88. The van der Waals surface area contributed by atoms with E-state index in [9.17, 15) is 14.4 Å². The Kier molecular flexibility index (Phi) is 5.99. The summed E-state index contributed by atoms with van der Waals surface area (Å²) < 4.78 is 5.16. The van der Waals surface area contributed by atoms with Gasteiger partial charge >= 0.3 is 5.97 Å². The second-order valence-electron chi connectivity index (χ2n) is 9.68. The van der Waals surface area contributed by atoms with Gasteiger partial charge in [0.1, 0.15) is 6.54 Å². The molecule has 1 atom stereocenters. The third kappa shape index (κ3) is 5.07. The van der Waals surface area contributed by atoms with Gasteiger partial charge in [-0.15, -0.1) is 0 Å². The SMILES string of the molecule is C[C@H](OC(=O)CNC(=O)CC12CC3CC(CC(C3)C1)C2)C(=O)Nc1ccc(C#N)cc1. The lowest BCUT2D eigenvalue weighted by Gasteiger charge is -2.56. The van der Waals surface area contributed by atoms with E-state index in [-0.39, 0.29) is 17.9 Å². The van der Waals surface area contributed by atoms with Crippen LogP contribution in [0.1, 0.15) is 57.4 Å². The number of hydrogen-bond donors (Lipinski definition) is 2. The monoisotopic (exact) mass is 423 g/mol. The average Bonchev–Trinajstić information content (AvgIpc) is 2.71. The van der Waals surface area contributed by atoms with Gasteiger partial charge in [0.25, 0.3) is 5.91 Å². The zero-order valence-corrected chi connectivity index (χ0v) is 17.9. The van der Waals surface area contributed by atoms with E-state index in [0.717, 1.165) is 37.0 Å². The quantitative estimate of drug-likeness (QED) is 0.655. The van der Waals surface area contributed by atoms with Gasteiger partial charge < -0.3 is 15.4 Å². The lowest BCUT2D eigenvalue weighted by molar-refractivity contribution is -0.153. The van der Waals surface area contributed by atoms with Gasteiger partial charge in [0.05, 0.1) is 11.6 Å². The molecule has 0 aromatic heterocycles. The van der Waals surface area contributed by atoms with Crippen LogP contribution in [0.5, 0.6) is 0 Å². The minimum atomic E-state index is -0.997. The van der Waals surface area contributed by atoms with E-state index in [2.05, 4.69) is 10.6 Å². The number of amides is 2. The summed E-state index contributed by atoms with van der Waals surface area (Å²) in [5.41, 5.74) is 1.12. The van der Waals surface area contributed by atoms with Crippen LogP contribution in [0.4, 0.5) is 5.69 Å². The van der Waals surface area contributed by atoms with Gasteiger partial charge in [-0.1, -0.05) is 0 Å². The van der Waals surface area contributed by atoms with E-state index >= 15 is 0 Å². The molecule has 1 aromatic rings. The average molecular weight is 424 g/mol. The number of nitriles is 1. The summed E-state index contributed by atoms with van der Waals surface area (Å²) in [4.78, 5) is 36.8. The molecular weight excluding hydrogens is 394 g/mol. The number of nitrogens with zero attached hydrogens (tertiary/aromatic N) is 1. The van der Waals surface area contributed by atoms with Crippen molar-refractivity contribution >= 4 is 23.5 Å². The minimum Gasteiger partial charge on any atom is -0.451 e. The molecule has 4 fully saturated rings. The summed E-state index contributed by atoms with van der Waals surface area (Å²) in [6.45, 7) is 1.24. The van der Waals surface area contributed by atoms with Gasteiger partial charge in [0, 0.05) is 12.1 Å². The Labute approximate surface area is 182 Å². The molecule has 0 saturated heterocycles. The zero-order valence-electron chi connectivity index (χ0n) is 17.9. The molecule has 4 saturated carbocycles. The van der Waals surface area contributed by atoms with E-state index in [1.165, 1.54) is 26.2 Å². The standard InChI is InChI=1S/C24H29N3O4/c1-15(23(30)27-20-4-2-16(13-25)3-5-20)31-22(29)14-26-21(28)12-24-9-17-6-18(10-24)8-19(7-17)11-24/h2-5,15,17-19H,6-12,14H2,1H3,(H,26,28)(H,27,30)/t15-,17?,18?,19?,24?/m0/s1. The van der Waals surface area contributed by atoms with Crippen molar-refractivity contribution in [2.24, 2.45) is 23.2 Å². The number of hydrogen-bond acceptors (Lipinski definition) is 5. The van der Waals surface area contributed by atoms with Crippen LogP contribution in [0.2, 0.25) is 0 Å². The van der Waals surface area contributed by atoms with Crippen molar-refractivity contribution < 1.29 is 19.1 Å². The van der Waals surface area contributed by atoms with Crippen LogP contribution in [0.15, 0.2) is 24.3 Å². The van der Waals surface area contributed by atoms with E-state index in [1.54, 1.807) is 24.3 Å². The van der Waals surface area contributed by atoms with Gasteiger partial charge in [-0.2, -0.15) is 5.26 Å². The topological polar surface area (TPSA) is 108 Å². The highest BCUT2D eigenvalue weighted by atomic mass is 16.5. The molecule has 0 radical (unpaired) electrons. The van der Waals surface area contributed by atoms with Crippen LogP contribution in [0.25, 0.3) is 0 Å². The summed E-state index contributed by atoms with van der Waals surface area (Å²) in [6, 6.07) is 8.40. The highest BCUT2D eigenvalue weighted by Crippen LogP contribution is 2.61. The molecule has 0 heterocycles. The number of nitrogens with one attached hydrogen (secondary N) is 2. The molecule has 4 aliphatic rings. The Morgan fingerprint density at radius 2 is 1.68 bits per heavy atom. The van der Waals surface area contributed by atoms with Crippen molar-refractivity contribution in [2.75, 3.05) is 11.9 Å². The maximum atomic E-state index is 12.5. The zero-order chi connectivity index (χ0) is 22.0. The number of esters is 1. The summed E-state index contributed by atoms with van der Waals surface area (Å²) in [7, 11) is 0. The fourth-order valence-electron chi connectivity index (χ4n) is 6.24. The second kappa shape index (κ2) is 8.70. The molecule has 4 aliphatic carbocycles. The third-order valence-electron chi connectivity index (χ3n) is 7.09. The predicted molar refractivity (Wildman–Crippen MR) is 114 cm³/mol. The van der Waals surface area contributed by atoms with Gasteiger partial charge in [-0.3, -0.25) is 14.4 Å². The summed E-state index contributed by atoms with van der Waals surface area (Å²) in [6.07, 6.45) is 6.90. The molecule has 0 spiro atoms. The minimum absolute atomic E-state index is 0.103. The number of carbonyl (C=O) groups is 3. The largest absolute Gasteiger partial charge is 0.451 e. The van der Waals surface area contributed by atoms with Crippen molar-refractivity contribution in [2.45, 2.75) is 58.0 Å². The molecular formula is C24H29N3O4. The number of ether oxygens (including phenoxy) is 1. The lowest BCUT2D eigenvalue weighted by atomic mass is 9.49. The molecule has 5 rings (SSSR count). The van der Waals surface area contributed by atoms with E-state index in [1.807, 2.05) is 6.07 Å². The number of rotatable bonds is 7. The first-order chi connectivity index (χ1) is 14.8. The van der Waals surface area contributed by atoms with Crippen LogP contribution >= 0.6 is 0 Å². The fraction of sp³-hybridized carbons (Fsp3) is 0.583. The predicted octanol–water partition coefficient (Wildman–Crippen LogP) is 3.15. The Morgan fingerprint density at radius 1 is 1.10 bits per heavy atom. The van der Waals surface area contributed by atoms with Crippen LogP contribution in [0.3, 0.4) is 0 Å². The van der Waals surface area contributed by atoms with Crippen molar-refractivity contribution in [3.05, 3.63) is 29.8 Å². The summed E-state index contributed by atoms with van der Waals surface area (Å²) >= 11 is 0. The van der Waals surface area contributed by atoms with E-state index < -0.39 is 18.0 Å². The smallest absolute Gasteiger partial charge is 0.326 e. The van der Waals surface area contributed by atoms with Gasteiger partial charge in [-0.25, -0.2) is 0 Å². The van der Waals surface area contributed by atoms with Crippen LogP contribution in [0, 0.1) is 34.5 Å². The molecule has 31 heavy (non-hydrogen) atoms. The lowest BCUT2D eigenvalue weighted by Crippen LogP contribution is -2.48. The van der Waals surface area contributed by atoms with Gasteiger partial charge in [0.15, 0.2) is 6.10 Å². The van der Waals surface area contributed by atoms with E-state index in [4.69, 9.17) is 10.00 Å². The molecule has 7 heteroatoms. The van der Waals surface area contributed by atoms with Crippen LogP contribution < -0.4 is 10.6 Å². The number of carbonyl (C=O) groups excluding carboxylic acids is 3. The second-order valence-corrected chi connectivity index (χ2v) is 9.68. The van der Waals surface area contributed by atoms with Crippen molar-refractivity contribution in [3.63, 3.8) is 0 Å². The number of benzene rings is 1. The third-order valence-corrected chi connectivity index (χ3v) is 7.09. The Bertz CT molecular complexity index is 867. The fourth-order valence-corrected chi connectivity index (χ4v) is 6.24. The van der Waals surface area contributed by atoms with Gasteiger partial charge in [0.2, 0.25) is 5.91 Å². The first kappa shape index (κ1) is 21.4. The summed E-state index contributed by atoms with van der Waals surface area (Å²) in [5, 5.41) is 14.1. The van der Waals surface area contributed by atoms with Crippen molar-refractivity contribution in [1.82, 2.24) is 5.32 Å². The van der Waals surface area contributed by atoms with Crippen molar-refractivity contribution in [1.29, 1.82) is 5.26 Å². The molecule has 4 bridgehead atoms. The molecule has 1 aromatic carbocycles. The maximum Gasteiger partial charge on any atom is 0.326 e. The molecule has 0 unspecified atom stereocenters. The van der Waals surface area contributed by atoms with Crippen LogP contribution in [-0.2, 0) is 19.1 Å². The van der Waals surface area contributed by atoms with Crippen molar-refractivity contribution in [3.8, 4) is 6.07 Å². The normalized spacial score (nSPS) is 29.0. The highest BCUT2D eigenvalue weighted by molar-refractivity contribution is 5.95. The summed E-state index contributed by atoms with van der Waals surface area (Å²) in [5.74, 6) is 1.12. The molecule has 2 N–H and O–H groups in total. The first-order valence-electron chi connectivity index (χ1n) is 11.1. The van der Waals surface area contributed by atoms with Gasteiger partial charge in [-0.05, 0) is 92.9 Å². The first-order valence-corrected chi connectivity index (χ1v) is 11.1. The Balaban J connectivity index is 1.20. The van der Waals surface area contributed by atoms with E-state index in [0.29, 0.717) is 17.7 Å². The molecule has 7 nitrogen and oxygen atoms in total. The Morgan fingerprint density at radius 3 is 2.23 bits per heavy atom. The number of anilines is 1. The van der Waals surface area contributed by atoms with Crippen LogP contribution in [-0.4, -0.2) is 30.4 Å². The molecule has 0 aliphatic heterocycles. The molecule has 164 valence electrons.